The van der Waals surface area contributed by atoms with E-state index in [-0.39, 0.29) is 5.78 Å². The second-order valence-corrected chi connectivity index (χ2v) is 4.16. The van der Waals surface area contributed by atoms with E-state index < -0.39 is 0 Å². The number of ketones is 1. The van der Waals surface area contributed by atoms with Crippen LogP contribution in [0.3, 0.4) is 0 Å². The molecule has 2 aromatic rings. The van der Waals surface area contributed by atoms with Crippen molar-refractivity contribution in [1.29, 1.82) is 0 Å². The zero-order valence-electron chi connectivity index (χ0n) is 8.98. The van der Waals surface area contributed by atoms with E-state index in [1.807, 2.05) is 0 Å². The molecule has 0 aliphatic heterocycles. The average Bonchev–Trinajstić information content (AvgIpc) is 2.28. The Kier molecular flexibility index (Phi) is 3.02. The molecule has 0 radical (unpaired) electrons. The SMILES string of the molecule is Nc1cc(N)cc(C(=O)c2ccc(Cl)cc2)c1. The summed E-state index contributed by atoms with van der Waals surface area (Å²) >= 11 is 5.76. The molecule has 17 heavy (non-hydrogen) atoms. The summed E-state index contributed by atoms with van der Waals surface area (Å²) in [6.07, 6.45) is 0. The largest absolute Gasteiger partial charge is 0.399 e. The van der Waals surface area contributed by atoms with Crippen LogP contribution in [0.15, 0.2) is 42.5 Å². The van der Waals surface area contributed by atoms with E-state index in [4.69, 9.17) is 23.1 Å². The van der Waals surface area contributed by atoms with Crippen LogP contribution in [-0.4, -0.2) is 5.78 Å². The molecule has 0 heterocycles. The van der Waals surface area contributed by atoms with Crippen molar-refractivity contribution in [3.8, 4) is 0 Å². The number of hydrogen-bond donors (Lipinski definition) is 2. The van der Waals surface area contributed by atoms with Gasteiger partial charge in [-0.2, -0.15) is 0 Å². The molecule has 0 aliphatic rings. The third-order valence-electron chi connectivity index (χ3n) is 2.35. The Balaban J connectivity index is 2.40. The van der Waals surface area contributed by atoms with Crippen LogP contribution in [-0.2, 0) is 0 Å². The molecule has 0 aromatic heterocycles. The van der Waals surface area contributed by atoms with Crippen molar-refractivity contribution < 1.29 is 4.79 Å². The number of carbonyl (C=O) groups excluding carboxylic acids is 1. The highest BCUT2D eigenvalue weighted by atomic mass is 35.5. The Morgan fingerprint density at radius 2 is 1.41 bits per heavy atom. The average molecular weight is 247 g/mol. The lowest BCUT2D eigenvalue weighted by atomic mass is 10.0. The highest BCUT2D eigenvalue weighted by Crippen LogP contribution is 2.18. The fraction of sp³-hybridized carbons (Fsp3) is 0. The highest BCUT2D eigenvalue weighted by Gasteiger charge is 2.09. The van der Waals surface area contributed by atoms with Gasteiger partial charge in [-0.05, 0) is 42.5 Å². The van der Waals surface area contributed by atoms with Gasteiger partial charge in [-0.3, -0.25) is 4.79 Å². The number of carbonyl (C=O) groups is 1. The maximum Gasteiger partial charge on any atom is 0.193 e. The summed E-state index contributed by atoms with van der Waals surface area (Å²) in [5.74, 6) is -0.124. The second-order valence-electron chi connectivity index (χ2n) is 3.72. The lowest BCUT2D eigenvalue weighted by Gasteiger charge is -2.04. The standard InChI is InChI=1S/C13H11ClN2O/c14-10-3-1-8(2-4-10)13(17)9-5-11(15)7-12(16)6-9/h1-7H,15-16H2. The van der Waals surface area contributed by atoms with E-state index >= 15 is 0 Å². The van der Waals surface area contributed by atoms with Crippen LogP contribution in [0.1, 0.15) is 15.9 Å². The number of hydrogen-bond acceptors (Lipinski definition) is 3. The highest BCUT2D eigenvalue weighted by molar-refractivity contribution is 6.30. The first kappa shape index (κ1) is 11.5. The van der Waals surface area contributed by atoms with Crippen LogP contribution in [0.5, 0.6) is 0 Å². The van der Waals surface area contributed by atoms with Gasteiger partial charge in [-0.15, -0.1) is 0 Å². The molecule has 0 saturated carbocycles. The lowest BCUT2D eigenvalue weighted by molar-refractivity contribution is 0.103. The third kappa shape index (κ3) is 2.57. The smallest absolute Gasteiger partial charge is 0.193 e. The summed E-state index contributed by atoms with van der Waals surface area (Å²) in [5.41, 5.74) is 13.3. The number of nitrogen functional groups attached to an aromatic ring is 2. The van der Waals surface area contributed by atoms with Crippen molar-refractivity contribution in [1.82, 2.24) is 0 Å². The van der Waals surface area contributed by atoms with E-state index in [0.29, 0.717) is 27.5 Å². The Hall–Kier alpha value is -2.00. The monoisotopic (exact) mass is 246 g/mol. The fourth-order valence-corrected chi connectivity index (χ4v) is 1.70. The molecule has 0 saturated heterocycles. The Morgan fingerprint density at radius 1 is 0.882 bits per heavy atom. The third-order valence-corrected chi connectivity index (χ3v) is 2.60. The Bertz CT molecular complexity index is 544. The molecule has 0 fully saturated rings. The molecule has 0 aliphatic carbocycles. The van der Waals surface area contributed by atoms with Crippen molar-refractivity contribution in [2.24, 2.45) is 0 Å². The number of halogens is 1. The van der Waals surface area contributed by atoms with Gasteiger partial charge < -0.3 is 11.5 Å². The summed E-state index contributed by atoms with van der Waals surface area (Å²) in [4.78, 5) is 12.1. The minimum absolute atomic E-state index is 0.124. The van der Waals surface area contributed by atoms with Gasteiger partial charge in [-0.1, -0.05) is 11.6 Å². The fourth-order valence-electron chi connectivity index (χ4n) is 1.58. The van der Waals surface area contributed by atoms with Crippen molar-refractivity contribution >= 4 is 28.8 Å². The molecule has 4 N–H and O–H groups in total. The van der Waals surface area contributed by atoms with Gasteiger partial charge in [0.25, 0.3) is 0 Å². The molecule has 86 valence electrons. The molecule has 4 heteroatoms. The first-order valence-corrected chi connectivity index (χ1v) is 5.40. The molecular weight excluding hydrogens is 236 g/mol. The number of rotatable bonds is 2. The van der Waals surface area contributed by atoms with Gasteiger partial charge >= 0.3 is 0 Å². The molecule has 0 spiro atoms. The maximum atomic E-state index is 12.1. The van der Waals surface area contributed by atoms with Crippen molar-refractivity contribution in [3.63, 3.8) is 0 Å². The van der Waals surface area contributed by atoms with Crippen LogP contribution < -0.4 is 11.5 Å². The molecule has 0 unspecified atom stereocenters. The molecule has 0 bridgehead atoms. The summed E-state index contributed by atoms with van der Waals surface area (Å²) in [7, 11) is 0. The van der Waals surface area contributed by atoms with Crippen molar-refractivity contribution in [2.45, 2.75) is 0 Å². The molecule has 3 nitrogen and oxygen atoms in total. The van der Waals surface area contributed by atoms with Crippen LogP contribution in [0, 0.1) is 0 Å². The van der Waals surface area contributed by atoms with Crippen LogP contribution in [0.25, 0.3) is 0 Å². The summed E-state index contributed by atoms with van der Waals surface area (Å²) in [5, 5.41) is 0.591. The van der Waals surface area contributed by atoms with E-state index in [1.54, 1.807) is 42.5 Å². The molecule has 2 aromatic carbocycles. The van der Waals surface area contributed by atoms with Crippen molar-refractivity contribution in [3.05, 3.63) is 58.6 Å². The van der Waals surface area contributed by atoms with Gasteiger partial charge in [0, 0.05) is 27.5 Å². The van der Waals surface area contributed by atoms with E-state index in [2.05, 4.69) is 0 Å². The van der Waals surface area contributed by atoms with E-state index in [1.165, 1.54) is 0 Å². The van der Waals surface area contributed by atoms with Gasteiger partial charge in [0.05, 0.1) is 0 Å². The number of nitrogens with two attached hydrogens (primary N) is 2. The first-order chi connectivity index (χ1) is 8.06. The molecule has 2 rings (SSSR count). The van der Waals surface area contributed by atoms with Gasteiger partial charge in [0.2, 0.25) is 0 Å². The Labute approximate surface area is 104 Å². The first-order valence-electron chi connectivity index (χ1n) is 5.02. The number of benzene rings is 2. The van der Waals surface area contributed by atoms with Crippen molar-refractivity contribution in [2.75, 3.05) is 11.5 Å². The zero-order chi connectivity index (χ0) is 12.4. The minimum Gasteiger partial charge on any atom is -0.399 e. The van der Waals surface area contributed by atoms with Crippen LogP contribution in [0.2, 0.25) is 5.02 Å². The predicted octanol–water partition coefficient (Wildman–Crippen LogP) is 2.74. The summed E-state index contributed by atoms with van der Waals surface area (Å²) in [6.45, 7) is 0. The summed E-state index contributed by atoms with van der Waals surface area (Å²) < 4.78 is 0. The molecule has 0 atom stereocenters. The topological polar surface area (TPSA) is 69.1 Å². The normalized spacial score (nSPS) is 10.2. The van der Waals surface area contributed by atoms with Crippen LogP contribution in [0.4, 0.5) is 11.4 Å². The van der Waals surface area contributed by atoms with Gasteiger partial charge in [0.15, 0.2) is 5.78 Å². The molecular formula is C13H11ClN2O. The van der Waals surface area contributed by atoms with Gasteiger partial charge in [-0.25, -0.2) is 0 Å². The quantitative estimate of drug-likeness (QED) is 0.632. The molecule has 0 amide bonds. The van der Waals surface area contributed by atoms with E-state index in [9.17, 15) is 4.79 Å². The lowest BCUT2D eigenvalue weighted by Crippen LogP contribution is -2.03. The zero-order valence-corrected chi connectivity index (χ0v) is 9.74. The second kappa shape index (κ2) is 4.47. The van der Waals surface area contributed by atoms with Crippen LogP contribution >= 0.6 is 11.6 Å². The minimum atomic E-state index is -0.124. The predicted molar refractivity (Wildman–Crippen MR) is 70.2 cm³/mol. The summed E-state index contributed by atoms with van der Waals surface area (Å²) in [6, 6.07) is 11.5. The van der Waals surface area contributed by atoms with Gasteiger partial charge in [0.1, 0.15) is 0 Å². The Morgan fingerprint density at radius 3 is 1.94 bits per heavy atom. The van der Waals surface area contributed by atoms with E-state index in [0.717, 1.165) is 0 Å². The number of anilines is 2. The maximum absolute atomic E-state index is 12.1.